The SMILES string of the molecule is CCCCNC(=O)C(CC)N(Cc1c(Cl)cccc1Cl)C(=O)CN(c1cc(C)ccc1C)S(=O)(=O)c1ccc(C)cc1. The third-order valence-electron chi connectivity index (χ3n) is 7.13. The van der Waals surface area contributed by atoms with Crippen molar-refractivity contribution in [2.45, 2.75) is 71.4 Å². The molecule has 0 aliphatic heterocycles. The summed E-state index contributed by atoms with van der Waals surface area (Å²) in [5.41, 5.74) is 3.31. The van der Waals surface area contributed by atoms with Crippen LogP contribution in [0.3, 0.4) is 0 Å². The van der Waals surface area contributed by atoms with Crippen molar-refractivity contribution in [1.29, 1.82) is 0 Å². The molecule has 0 aliphatic rings. The zero-order valence-corrected chi connectivity index (χ0v) is 27.1. The van der Waals surface area contributed by atoms with Crippen molar-refractivity contribution in [3.63, 3.8) is 0 Å². The van der Waals surface area contributed by atoms with Crippen LogP contribution in [0.4, 0.5) is 5.69 Å². The van der Waals surface area contributed by atoms with Gasteiger partial charge in [-0.25, -0.2) is 8.42 Å². The second-order valence-corrected chi connectivity index (χ2v) is 13.1. The van der Waals surface area contributed by atoms with E-state index in [2.05, 4.69) is 5.32 Å². The number of hydrogen-bond donors (Lipinski definition) is 1. The minimum Gasteiger partial charge on any atom is -0.354 e. The van der Waals surface area contributed by atoms with Gasteiger partial charge in [0.15, 0.2) is 0 Å². The van der Waals surface area contributed by atoms with Crippen LogP contribution in [0.2, 0.25) is 10.0 Å². The molecule has 3 rings (SSSR count). The second kappa shape index (κ2) is 14.9. The lowest BCUT2D eigenvalue weighted by atomic mass is 10.1. The van der Waals surface area contributed by atoms with E-state index in [1.165, 1.54) is 17.0 Å². The van der Waals surface area contributed by atoms with E-state index in [0.29, 0.717) is 39.8 Å². The highest BCUT2D eigenvalue weighted by Crippen LogP contribution is 2.30. The fourth-order valence-corrected chi connectivity index (χ4v) is 6.61. The fraction of sp³-hybridized carbons (Fsp3) is 0.375. The maximum atomic E-state index is 14.3. The minimum atomic E-state index is -4.16. The quantitative estimate of drug-likeness (QED) is 0.209. The summed E-state index contributed by atoms with van der Waals surface area (Å²) in [4.78, 5) is 29.1. The molecule has 2 amide bonds. The van der Waals surface area contributed by atoms with Crippen molar-refractivity contribution in [3.8, 4) is 0 Å². The first-order chi connectivity index (χ1) is 19.9. The van der Waals surface area contributed by atoms with Crippen LogP contribution in [-0.2, 0) is 26.2 Å². The smallest absolute Gasteiger partial charge is 0.264 e. The number of nitrogens with zero attached hydrogens (tertiary/aromatic N) is 2. The first-order valence-electron chi connectivity index (χ1n) is 14.1. The fourth-order valence-electron chi connectivity index (χ4n) is 4.62. The number of rotatable bonds is 13. The molecule has 3 aromatic rings. The summed E-state index contributed by atoms with van der Waals surface area (Å²) in [5, 5.41) is 3.61. The molecule has 226 valence electrons. The van der Waals surface area contributed by atoms with Crippen molar-refractivity contribution in [3.05, 3.63) is 93.0 Å². The van der Waals surface area contributed by atoms with Gasteiger partial charge in [-0.2, -0.15) is 0 Å². The standard InChI is InChI=1S/C32H39Cl2N3O4S/c1-6-8-18-35-32(39)29(7-2)36(20-26-27(33)10-9-11-28(26)34)31(38)21-37(30-19-23(4)12-15-24(30)5)42(40,41)25-16-13-22(3)14-17-25/h9-17,19,29H,6-8,18,20-21H2,1-5H3,(H,35,39). The lowest BCUT2D eigenvalue weighted by Gasteiger charge is -2.34. The highest BCUT2D eigenvalue weighted by Gasteiger charge is 2.34. The van der Waals surface area contributed by atoms with E-state index in [1.807, 2.05) is 39.8 Å². The number of halogens is 2. The van der Waals surface area contributed by atoms with E-state index in [1.54, 1.807) is 43.3 Å². The summed E-state index contributed by atoms with van der Waals surface area (Å²) in [6, 6.07) is 16.1. The van der Waals surface area contributed by atoms with Gasteiger partial charge >= 0.3 is 0 Å². The second-order valence-electron chi connectivity index (χ2n) is 10.4. The Balaban J connectivity index is 2.12. The van der Waals surface area contributed by atoms with Crippen molar-refractivity contribution >= 4 is 50.7 Å². The summed E-state index contributed by atoms with van der Waals surface area (Å²) >= 11 is 13.0. The van der Waals surface area contributed by atoms with Gasteiger partial charge in [-0.3, -0.25) is 13.9 Å². The highest BCUT2D eigenvalue weighted by molar-refractivity contribution is 7.92. The third-order valence-corrected chi connectivity index (χ3v) is 9.61. The Morgan fingerprint density at radius 1 is 0.905 bits per heavy atom. The number of carbonyl (C=O) groups excluding carboxylic acids is 2. The first kappa shape index (κ1) is 33.4. The number of aryl methyl sites for hydroxylation is 3. The number of benzene rings is 3. The van der Waals surface area contributed by atoms with Gasteiger partial charge in [0.1, 0.15) is 12.6 Å². The summed E-state index contributed by atoms with van der Waals surface area (Å²) < 4.78 is 29.4. The molecule has 0 saturated heterocycles. The van der Waals surface area contributed by atoms with Crippen LogP contribution < -0.4 is 9.62 Å². The van der Waals surface area contributed by atoms with Crippen molar-refractivity contribution < 1.29 is 18.0 Å². The van der Waals surface area contributed by atoms with Crippen LogP contribution in [0, 0.1) is 20.8 Å². The van der Waals surface area contributed by atoms with Gasteiger partial charge in [0.2, 0.25) is 11.8 Å². The first-order valence-corrected chi connectivity index (χ1v) is 16.3. The molecule has 1 unspecified atom stereocenters. The molecule has 0 saturated carbocycles. The molecule has 7 nitrogen and oxygen atoms in total. The van der Waals surface area contributed by atoms with Gasteiger partial charge in [-0.1, -0.05) is 79.4 Å². The molecule has 0 bridgehead atoms. The Labute approximate surface area is 259 Å². The normalized spacial score (nSPS) is 12.1. The molecular formula is C32H39Cl2N3O4S. The van der Waals surface area contributed by atoms with Crippen LogP contribution >= 0.6 is 23.2 Å². The Hall–Kier alpha value is -3.07. The maximum absolute atomic E-state index is 14.3. The molecular weight excluding hydrogens is 593 g/mol. The Bertz CT molecular complexity index is 1490. The summed E-state index contributed by atoms with van der Waals surface area (Å²) in [7, 11) is -4.16. The number of sulfonamides is 1. The van der Waals surface area contributed by atoms with Gasteiger partial charge in [0.25, 0.3) is 10.0 Å². The van der Waals surface area contributed by atoms with E-state index in [-0.39, 0.29) is 17.3 Å². The lowest BCUT2D eigenvalue weighted by molar-refractivity contribution is -0.140. The number of hydrogen-bond acceptors (Lipinski definition) is 4. The molecule has 42 heavy (non-hydrogen) atoms. The topological polar surface area (TPSA) is 86.8 Å². The molecule has 1 atom stereocenters. The average molecular weight is 633 g/mol. The van der Waals surface area contributed by atoms with Gasteiger partial charge in [0, 0.05) is 28.7 Å². The third kappa shape index (κ3) is 8.06. The van der Waals surface area contributed by atoms with E-state index in [9.17, 15) is 18.0 Å². The Kier molecular flexibility index (Phi) is 11.9. The number of anilines is 1. The zero-order valence-electron chi connectivity index (χ0n) is 24.8. The maximum Gasteiger partial charge on any atom is 0.264 e. The summed E-state index contributed by atoms with van der Waals surface area (Å²) in [5.74, 6) is -0.873. The average Bonchev–Trinajstić information content (AvgIpc) is 2.94. The Morgan fingerprint density at radius 2 is 1.52 bits per heavy atom. The zero-order chi connectivity index (χ0) is 31.0. The number of amides is 2. The van der Waals surface area contributed by atoms with Gasteiger partial charge in [-0.05, 0) is 75.1 Å². The number of carbonyl (C=O) groups is 2. The minimum absolute atomic E-state index is 0.0619. The van der Waals surface area contributed by atoms with Crippen molar-refractivity contribution in [2.75, 3.05) is 17.4 Å². The molecule has 0 fully saturated rings. The molecule has 10 heteroatoms. The largest absolute Gasteiger partial charge is 0.354 e. The van der Waals surface area contributed by atoms with E-state index >= 15 is 0 Å². The van der Waals surface area contributed by atoms with Crippen molar-refractivity contribution in [1.82, 2.24) is 10.2 Å². The molecule has 3 aromatic carbocycles. The summed E-state index contributed by atoms with van der Waals surface area (Å²) in [6.07, 6.45) is 2.00. The van der Waals surface area contributed by atoms with Crippen molar-refractivity contribution in [2.24, 2.45) is 0 Å². The molecule has 0 aromatic heterocycles. The predicted octanol–water partition coefficient (Wildman–Crippen LogP) is 6.84. The molecule has 0 spiro atoms. The highest BCUT2D eigenvalue weighted by atomic mass is 35.5. The van der Waals surface area contributed by atoms with Crippen LogP contribution in [0.25, 0.3) is 0 Å². The van der Waals surface area contributed by atoms with Crippen LogP contribution in [0.5, 0.6) is 0 Å². The number of nitrogens with one attached hydrogen (secondary N) is 1. The van der Waals surface area contributed by atoms with E-state index < -0.39 is 28.5 Å². The van der Waals surface area contributed by atoms with E-state index in [0.717, 1.165) is 28.3 Å². The molecule has 1 N–H and O–H groups in total. The molecule has 0 aliphatic carbocycles. The van der Waals surface area contributed by atoms with Crippen LogP contribution in [0.15, 0.2) is 65.6 Å². The van der Waals surface area contributed by atoms with E-state index in [4.69, 9.17) is 23.2 Å². The monoisotopic (exact) mass is 631 g/mol. The predicted molar refractivity (Wildman–Crippen MR) is 171 cm³/mol. The Morgan fingerprint density at radius 3 is 2.12 bits per heavy atom. The van der Waals surface area contributed by atoms with Gasteiger partial charge in [-0.15, -0.1) is 0 Å². The lowest BCUT2D eigenvalue weighted by Crippen LogP contribution is -2.52. The van der Waals surface area contributed by atoms with Gasteiger partial charge < -0.3 is 10.2 Å². The van der Waals surface area contributed by atoms with Crippen LogP contribution in [0.1, 0.15) is 55.4 Å². The van der Waals surface area contributed by atoms with Gasteiger partial charge in [0.05, 0.1) is 10.6 Å². The molecule has 0 heterocycles. The number of unbranched alkanes of at least 4 members (excludes halogenated alkanes) is 1. The molecule has 0 radical (unpaired) electrons. The summed E-state index contributed by atoms with van der Waals surface area (Å²) in [6.45, 7) is 9.24. The van der Waals surface area contributed by atoms with Crippen LogP contribution in [-0.4, -0.2) is 44.3 Å².